The second-order valence-electron chi connectivity index (χ2n) is 11.3. The standard InChI is InChI=1S/C27H37N5O4S/c1-6-30(20-7-8-20)25(33)22-17-32(29-18(22)2)37(34,35)21-9-10-24-23(15-21)28-26(27(3,4)5)31(24)16-19-11-13-36-14-12-19/h9-10,15,17,19-20H,6-8,11-14,16H2,1-5H3. The van der Waals surface area contributed by atoms with E-state index < -0.39 is 10.0 Å². The maximum atomic E-state index is 13.6. The van der Waals surface area contributed by atoms with Gasteiger partial charge in [-0.15, -0.1) is 0 Å². The van der Waals surface area contributed by atoms with Gasteiger partial charge in [0, 0.05) is 37.8 Å². The summed E-state index contributed by atoms with van der Waals surface area (Å²) in [5, 5.41) is 4.24. The summed E-state index contributed by atoms with van der Waals surface area (Å²) in [6.07, 6.45) is 5.34. The fourth-order valence-electron chi connectivity index (χ4n) is 5.20. The Morgan fingerprint density at radius 1 is 1.16 bits per heavy atom. The zero-order chi connectivity index (χ0) is 26.5. The first kappa shape index (κ1) is 25.9. The zero-order valence-electron chi connectivity index (χ0n) is 22.4. The van der Waals surface area contributed by atoms with Crippen molar-refractivity contribution in [3.05, 3.63) is 41.5 Å². The normalized spacial score (nSPS) is 17.4. The summed E-state index contributed by atoms with van der Waals surface area (Å²) < 4.78 is 35.9. The fourth-order valence-corrected chi connectivity index (χ4v) is 6.39. The van der Waals surface area contributed by atoms with Crippen LogP contribution < -0.4 is 0 Å². The van der Waals surface area contributed by atoms with Gasteiger partial charge >= 0.3 is 0 Å². The van der Waals surface area contributed by atoms with Crippen LogP contribution in [0.2, 0.25) is 0 Å². The Morgan fingerprint density at radius 2 is 1.86 bits per heavy atom. The molecule has 2 fully saturated rings. The topological polar surface area (TPSA) is 99.3 Å². The molecule has 1 aliphatic carbocycles. The summed E-state index contributed by atoms with van der Waals surface area (Å²) in [6, 6.07) is 5.33. The molecule has 37 heavy (non-hydrogen) atoms. The van der Waals surface area contributed by atoms with Crippen LogP contribution in [-0.4, -0.2) is 63.8 Å². The highest BCUT2D eigenvalue weighted by Gasteiger charge is 2.34. The number of ether oxygens (including phenoxy) is 1. The SMILES string of the molecule is CCN(C(=O)c1cn(S(=O)(=O)c2ccc3c(c2)nc(C(C)(C)C)n3CC2CCOCC2)nc1C)C1CC1. The van der Waals surface area contributed by atoms with Gasteiger partial charge in [-0.3, -0.25) is 4.79 Å². The molecule has 1 aromatic carbocycles. The van der Waals surface area contributed by atoms with E-state index in [0.717, 1.165) is 60.9 Å². The fraction of sp³-hybridized carbons (Fsp3) is 0.593. The molecule has 3 aromatic rings. The van der Waals surface area contributed by atoms with Crippen LogP contribution in [0.15, 0.2) is 29.3 Å². The van der Waals surface area contributed by atoms with Crippen molar-refractivity contribution < 1.29 is 17.9 Å². The Hall–Kier alpha value is -2.72. The molecule has 0 radical (unpaired) electrons. The highest BCUT2D eigenvalue weighted by molar-refractivity contribution is 7.89. The van der Waals surface area contributed by atoms with E-state index in [1.807, 2.05) is 13.0 Å². The van der Waals surface area contributed by atoms with E-state index >= 15 is 0 Å². The molecule has 0 unspecified atom stereocenters. The molecule has 0 bridgehead atoms. The first-order valence-electron chi connectivity index (χ1n) is 13.2. The lowest BCUT2D eigenvalue weighted by Crippen LogP contribution is -2.33. The summed E-state index contributed by atoms with van der Waals surface area (Å²) >= 11 is 0. The van der Waals surface area contributed by atoms with Crippen LogP contribution in [-0.2, 0) is 26.7 Å². The Morgan fingerprint density at radius 3 is 2.49 bits per heavy atom. The van der Waals surface area contributed by atoms with Crippen molar-refractivity contribution in [3.63, 3.8) is 0 Å². The number of imidazole rings is 1. The Bertz CT molecular complexity index is 1420. The maximum absolute atomic E-state index is 13.6. The summed E-state index contributed by atoms with van der Waals surface area (Å²) in [6.45, 7) is 13.0. The Balaban J connectivity index is 1.50. The molecular formula is C27H37N5O4S. The van der Waals surface area contributed by atoms with E-state index in [1.54, 1.807) is 24.0 Å². The van der Waals surface area contributed by atoms with Crippen LogP contribution in [0.5, 0.6) is 0 Å². The molecule has 3 heterocycles. The quantitative estimate of drug-likeness (QED) is 0.458. The van der Waals surface area contributed by atoms with Crippen molar-refractivity contribution in [2.45, 2.75) is 83.2 Å². The predicted octanol–water partition coefficient (Wildman–Crippen LogP) is 4.13. The number of hydrogen-bond donors (Lipinski definition) is 0. The average Bonchev–Trinajstić information content (AvgIpc) is 3.50. The van der Waals surface area contributed by atoms with Gasteiger partial charge in [0.05, 0.1) is 33.4 Å². The Kier molecular flexibility index (Phi) is 6.68. The van der Waals surface area contributed by atoms with Crippen LogP contribution in [0, 0.1) is 12.8 Å². The third-order valence-electron chi connectivity index (χ3n) is 7.41. The number of carbonyl (C=O) groups excluding carboxylic acids is 1. The molecule has 1 aliphatic heterocycles. The lowest BCUT2D eigenvalue weighted by molar-refractivity contribution is 0.0611. The smallest absolute Gasteiger partial charge is 0.283 e. The zero-order valence-corrected chi connectivity index (χ0v) is 23.2. The van der Waals surface area contributed by atoms with Gasteiger partial charge in [0.1, 0.15) is 5.82 Å². The van der Waals surface area contributed by atoms with Crippen LogP contribution in [0.4, 0.5) is 0 Å². The molecule has 1 amide bonds. The van der Waals surface area contributed by atoms with Crippen molar-refractivity contribution in [3.8, 4) is 0 Å². The van der Waals surface area contributed by atoms with Crippen molar-refractivity contribution in [2.75, 3.05) is 19.8 Å². The highest BCUT2D eigenvalue weighted by Crippen LogP contribution is 2.31. The highest BCUT2D eigenvalue weighted by atomic mass is 32.2. The number of rotatable bonds is 7. The second kappa shape index (κ2) is 9.54. The average molecular weight is 528 g/mol. The number of amides is 1. The van der Waals surface area contributed by atoms with E-state index in [1.165, 1.54) is 6.20 Å². The van der Waals surface area contributed by atoms with Crippen LogP contribution >= 0.6 is 0 Å². The molecule has 1 saturated carbocycles. The lowest BCUT2D eigenvalue weighted by atomic mass is 9.94. The second-order valence-corrected chi connectivity index (χ2v) is 13.1. The van der Waals surface area contributed by atoms with Crippen LogP contribution in [0.25, 0.3) is 11.0 Å². The monoisotopic (exact) mass is 527 g/mol. The minimum Gasteiger partial charge on any atom is -0.381 e. The first-order valence-corrected chi connectivity index (χ1v) is 14.7. The molecule has 1 saturated heterocycles. The van der Waals surface area contributed by atoms with Crippen LogP contribution in [0.1, 0.15) is 75.3 Å². The minimum absolute atomic E-state index is 0.104. The molecule has 200 valence electrons. The van der Waals surface area contributed by atoms with Gasteiger partial charge in [0.25, 0.3) is 15.9 Å². The van der Waals surface area contributed by atoms with Crippen molar-refractivity contribution >= 4 is 27.0 Å². The molecule has 5 rings (SSSR count). The first-order chi connectivity index (χ1) is 17.5. The molecule has 9 nitrogen and oxygen atoms in total. The van der Waals surface area contributed by atoms with Gasteiger partial charge in [-0.05, 0) is 63.6 Å². The van der Waals surface area contributed by atoms with E-state index in [-0.39, 0.29) is 22.3 Å². The van der Waals surface area contributed by atoms with Gasteiger partial charge in [-0.2, -0.15) is 17.6 Å². The molecular weight excluding hydrogens is 490 g/mol. The number of carbonyl (C=O) groups is 1. The number of aromatic nitrogens is 4. The van der Waals surface area contributed by atoms with E-state index in [9.17, 15) is 13.2 Å². The third kappa shape index (κ3) is 4.93. The number of nitrogens with zero attached hydrogens (tertiary/aromatic N) is 5. The Labute approximate surface area is 218 Å². The largest absolute Gasteiger partial charge is 0.381 e. The number of hydrogen-bond acceptors (Lipinski definition) is 6. The van der Waals surface area contributed by atoms with E-state index in [2.05, 4.69) is 30.4 Å². The molecule has 2 aliphatic rings. The van der Waals surface area contributed by atoms with Gasteiger partial charge in [0.15, 0.2) is 0 Å². The van der Waals surface area contributed by atoms with E-state index in [4.69, 9.17) is 9.72 Å². The van der Waals surface area contributed by atoms with Crippen LogP contribution in [0.3, 0.4) is 0 Å². The molecule has 10 heteroatoms. The van der Waals surface area contributed by atoms with Gasteiger partial charge in [0.2, 0.25) is 0 Å². The van der Waals surface area contributed by atoms with Crippen molar-refractivity contribution in [2.24, 2.45) is 5.92 Å². The summed E-state index contributed by atoms with van der Waals surface area (Å²) in [4.78, 5) is 19.9. The van der Waals surface area contributed by atoms with Gasteiger partial charge in [-0.25, -0.2) is 4.98 Å². The molecule has 0 spiro atoms. The summed E-state index contributed by atoms with van der Waals surface area (Å²) in [7, 11) is -4.00. The molecule has 0 N–H and O–H groups in total. The predicted molar refractivity (Wildman–Crippen MR) is 141 cm³/mol. The van der Waals surface area contributed by atoms with Gasteiger partial charge < -0.3 is 14.2 Å². The number of aryl methyl sites for hydroxylation is 1. The van der Waals surface area contributed by atoms with Crippen molar-refractivity contribution in [1.29, 1.82) is 0 Å². The molecule has 2 aromatic heterocycles. The lowest BCUT2D eigenvalue weighted by Gasteiger charge is -2.26. The summed E-state index contributed by atoms with van der Waals surface area (Å²) in [5.74, 6) is 1.27. The van der Waals surface area contributed by atoms with E-state index in [0.29, 0.717) is 29.2 Å². The van der Waals surface area contributed by atoms with Gasteiger partial charge in [-0.1, -0.05) is 20.8 Å². The van der Waals surface area contributed by atoms with Crippen molar-refractivity contribution in [1.82, 2.24) is 23.6 Å². The third-order valence-corrected chi connectivity index (χ3v) is 8.94. The summed E-state index contributed by atoms with van der Waals surface area (Å²) in [5.41, 5.74) is 2.10. The minimum atomic E-state index is -4.00. The number of benzene rings is 1. The maximum Gasteiger partial charge on any atom is 0.283 e. The number of fused-ring (bicyclic) bond motifs is 1. The molecule has 0 atom stereocenters.